The number of rotatable bonds is 3. The van der Waals surface area contributed by atoms with E-state index in [0.717, 1.165) is 25.9 Å². The molecule has 2 rings (SSSR count). The van der Waals surface area contributed by atoms with Gasteiger partial charge in [-0.15, -0.1) is 0 Å². The summed E-state index contributed by atoms with van der Waals surface area (Å²) in [6.07, 6.45) is 3.60. The number of nitrogens with zero attached hydrogens (tertiary/aromatic N) is 2. The minimum Gasteiger partial charge on any atom is -0.478 e. The zero-order chi connectivity index (χ0) is 13.1. The highest BCUT2D eigenvalue weighted by Crippen LogP contribution is 2.19. The van der Waals surface area contributed by atoms with Gasteiger partial charge >= 0.3 is 5.97 Å². The van der Waals surface area contributed by atoms with E-state index in [-0.39, 0.29) is 11.6 Å². The van der Waals surface area contributed by atoms with E-state index >= 15 is 0 Å². The fraction of sp³-hybridized carbons (Fsp3) is 0.500. The molecule has 0 amide bonds. The highest BCUT2D eigenvalue weighted by molar-refractivity contribution is 5.94. The van der Waals surface area contributed by atoms with Crippen molar-refractivity contribution < 1.29 is 9.90 Å². The average Bonchev–Trinajstić information content (AvgIpc) is 2.31. The predicted octanol–water partition coefficient (Wildman–Crippen LogP) is 0.868. The Balaban J connectivity index is 2.15. The van der Waals surface area contributed by atoms with Crippen molar-refractivity contribution in [2.24, 2.45) is 0 Å². The summed E-state index contributed by atoms with van der Waals surface area (Å²) < 4.78 is 0. The molecule has 0 bridgehead atoms. The summed E-state index contributed by atoms with van der Waals surface area (Å²) in [6, 6.07) is 1.67. The highest BCUT2D eigenvalue weighted by Gasteiger charge is 2.20. The number of nitrogen functional groups attached to an aromatic ring is 1. The van der Waals surface area contributed by atoms with E-state index in [0.29, 0.717) is 11.5 Å². The first-order chi connectivity index (χ1) is 8.56. The zero-order valence-electron chi connectivity index (χ0n) is 10.4. The number of hydrogen-bond donors (Lipinski definition) is 3. The number of likely N-dealkylation sites (tertiary alicyclic amines) is 1. The van der Waals surface area contributed by atoms with Crippen molar-refractivity contribution in [2.75, 3.05) is 31.2 Å². The quantitative estimate of drug-likeness (QED) is 0.737. The number of carboxylic acids is 1. The Bertz CT molecular complexity index is 450. The third kappa shape index (κ3) is 2.89. The maximum Gasteiger partial charge on any atom is 0.339 e. The van der Waals surface area contributed by atoms with E-state index in [1.165, 1.54) is 12.3 Å². The second-order valence-electron chi connectivity index (χ2n) is 4.72. The Morgan fingerprint density at radius 1 is 1.67 bits per heavy atom. The molecule has 0 aliphatic carbocycles. The van der Waals surface area contributed by atoms with Crippen LogP contribution in [0, 0.1) is 0 Å². The SMILES string of the molecule is CN1CCCC(Nc2ncc(N)cc2C(=O)O)C1. The third-order valence-electron chi connectivity index (χ3n) is 3.10. The highest BCUT2D eigenvalue weighted by atomic mass is 16.4. The van der Waals surface area contributed by atoms with Gasteiger partial charge in [-0.2, -0.15) is 0 Å². The minimum atomic E-state index is -1.01. The second kappa shape index (κ2) is 5.22. The van der Waals surface area contributed by atoms with Gasteiger partial charge in [-0.1, -0.05) is 0 Å². The van der Waals surface area contributed by atoms with Crippen LogP contribution in [0.15, 0.2) is 12.3 Å². The van der Waals surface area contributed by atoms with Crippen molar-refractivity contribution >= 4 is 17.5 Å². The second-order valence-corrected chi connectivity index (χ2v) is 4.72. The molecule has 1 aliphatic rings. The molecule has 6 heteroatoms. The molecule has 1 fully saturated rings. The molecule has 4 N–H and O–H groups in total. The molecule has 6 nitrogen and oxygen atoms in total. The molecule has 0 radical (unpaired) electrons. The minimum absolute atomic E-state index is 0.128. The van der Waals surface area contributed by atoms with Crippen LogP contribution < -0.4 is 11.1 Å². The lowest BCUT2D eigenvalue weighted by atomic mass is 10.1. The Labute approximate surface area is 106 Å². The van der Waals surface area contributed by atoms with E-state index in [2.05, 4.69) is 22.2 Å². The molecule has 1 aromatic rings. The molecule has 1 aromatic heterocycles. The summed E-state index contributed by atoms with van der Waals surface area (Å²) in [7, 11) is 2.06. The molecule has 0 aromatic carbocycles. The molecule has 1 aliphatic heterocycles. The first-order valence-corrected chi connectivity index (χ1v) is 6.00. The van der Waals surface area contributed by atoms with Crippen LogP contribution in [0.5, 0.6) is 0 Å². The predicted molar refractivity (Wildman–Crippen MR) is 69.8 cm³/mol. The molecular formula is C12H18N4O2. The Hall–Kier alpha value is -1.82. The number of carboxylic acid groups (broad SMARTS) is 1. The lowest BCUT2D eigenvalue weighted by Gasteiger charge is -2.30. The number of nitrogens with two attached hydrogens (primary N) is 1. The van der Waals surface area contributed by atoms with Gasteiger partial charge in [-0.25, -0.2) is 9.78 Å². The molecule has 0 spiro atoms. The van der Waals surface area contributed by atoms with Gasteiger partial charge in [-0.05, 0) is 32.5 Å². The van der Waals surface area contributed by atoms with E-state index in [1.807, 2.05) is 0 Å². The van der Waals surface area contributed by atoms with Crippen LogP contribution >= 0.6 is 0 Å². The standard InChI is InChI=1S/C12H18N4O2/c1-16-4-2-3-9(7-16)15-11-10(12(17)18)5-8(13)6-14-11/h5-6,9H,2-4,7,13H2,1H3,(H,14,15)(H,17,18). The number of aromatic carboxylic acids is 1. The van der Waals surface area contributed by atoms with Crippen LogP contribution in [-0.4, -0.2) is 47.1 Å². The normalized spacial score (nSPS) is 20.6. The molecule has 18 heavy (non-hydrogen) atoms. The summed E-state index contributed by atoms with van der Waals surface area (Å²) in [5.74, 6) is -0.613. The van der Waals surface area contributed by atoms with Crippen molar-refractivity contribution in [3.05, 3.63) is 17.8 Å². The average molecular weight is 250 g/mol. The van der Waals surface area contributed by atoms with Gasteiger partial charge in [0.05, 0.1) is 11.9 Å². The number of aromatic nitrogens is 1. The Morgan fingerprint density at radius 3 is 3.11 bits per heavy atom. The summed E-state index contributed by atoms with van der Waals surface area (Å²) in [6.45, 7) is 1.98. The number of hydrogen-bond acceptors (Lipinski definition) is 5. The molecule has 1 atom stereocenters. The smallest absolute Gasteiger partial charge is 0.339 e. The van der Waals surface area contributed by atoms with Crippen molar-refractivity contribution in [3.63, 3.8) is 0 Å². The van der Waals surface area contributed by atoms with Crippen molar-refractivity contribution in [3.8, 4) is 0 Å². The van der Waals surface area contributed by atoms with Gasteiger partial charge in [0.2, 0.25) is 0 Å². The van der Waals surface area contributed by atoms with Gasteiger partial charge in [0.1, 0.15) is 11.4 Å². The molecule has 0 saturated carbocycles. The fourth-order valence-electron chi connectivity index (χ4n) is 2.24. The van der Waals surface area contributed by atoms with E-state index in [9.17, 15) is 4.79 Å². The largest absolute Gasteiger partial charge is 0.478 e. The number of likely N-dealkylation sites (N-methyl/N-ethyl adjacent to an activating group) is 1. The summed E-state index contributed by atoms with van der Waals surface area (Å²) in [5, 5.41) is 12.3. The van der Waals surface area contributed by atoms with Crippen LogP contribution in [-0.2, 0) is 0 Å². The van der Waals surface area contributed by atoms with E-state index in [1.54, 1.807) is 0 Å². The first kappa shape index (κ1) is 12.6. The summed E-state index contributed by atoms with van der Waals surface area (Å²) >= 11 is 0. The molecule has 1 unspecified atom stereocenters. The maximum absolute atomic E-state index is 11.1. The molecular weight excluding hydrogens is 232 g/mol. The maximum atomic E-state index is 11.1. The third-order valence-corrected chi connectivity index (χ3v) is 3.10. The van der Waals surface area contributed by atoms with Gasteiger partial charge in [0, 0.05) is 12.6 Å². The first-order valence-electron chi connectivity index (χ1n) is 6.00. The van der Waals surface area contributed by atoms with Crippen LogP contribution in [0.3, 0.4) is 0 Å². The fourth-order valence-corrected chi connectivity index (χ4v) is 2.24. The monoisotopic (exact) mass is 250 g/mol. The van der Waals surface area contributed by atoms with Crippen LogP contribution in [0.4, 0.5) is 11.5 Å². The Kier molecular flexibility index (Phi) is 3.66. The summed E-state index contributed by atoms with van der Waals surface area (Å²) in [5.41, 5.74) is 6.05. The van der Waals surface area contributed by atoms with Crippen molar-refractivity contribution in [2.45, 2.75) is 18.9 Å². The van der Waals surface area contributed by atoms with E-state index < -0.39 is 5.97 Å². The van der Waals surface area contributed by atoms with Gasteiger partial charge < -0.3 is 21.1 Å². The van der Waals surface area contributed by atoms with E-state index in [4.69, 9.17) is 10.8 Å². The Morgan fingerprint density at radius 2 is 2.44 bits per heavy atom. The van der Waals surface area contributed by atoms with Crippen LogP contribution in [0.2, 0.25) is 0 Å². The zero-order valence-corrected chi connectivity index (χ0v) is 10.4. The van der Waals surface area contributed by atoms with Gasteiger partial charge in [0.15, 0.2) is 0 Å². The number of nitrogens with one attached hydrogen (secondary N) is 1. The topological polar surface area (TPSA) is 91.5 Å². The van der Waals surface area contributed by atoms with Gasteiger partial charge in [-0.3, -0.25) is 0 Å². The molecule has 98 valence electrons. The van der Waals surface area contributed by atoms with Crippen molar-refractivity contribution in [1.29, 1.82) is 0 Å². The number of pyridine rings is 1. The van der Waals surface area contributed by atoms with Gasteiger partial charge in [0.25, 0.3) is 0 Å². The summed E-state index contributed by atoms with van der Waals surface area (Å²) in [4.78, 5) is 17.4. The van der Waals surface area contributed by atoms with Crippen LogP contribution in [0.1, 0.15) is 23.2 Å². The molecule has 1 saturated heterocycles. The molecule has 2 heterocycles. The number of carbonyl (C=O) groups is 1. The van der Waals surface area contributed by atoms with Crippen LogP contribution in [0.25, 0.3) is 0 Å². The number of piperidine rings is 1. The number of anilines is 2. The van der Waals surface area contributed by atoms with Crippen molar-refractivity contribution in [1.82, 2.24) is 9.88 Å². The lowest BCUT2D eigenvalue weighted by molar-refractivity contribution is 0.0697. The lowest BCUT2D eigenvalue weighted by Crippen LogP contribution is -2.40.